The quantitative estimate of drug-likeness (QED) is 0.881. The Hall–Kier alpha value is -1.77. The van der Waals surface area contributed by atoms with Crippen molar-refractivity contribution >= 4 is 5.82 Å². The lowest BCUT2D eigenvalue weighted by Gasteiger charge is -2.19. The smallest absolute Gasteiger partial charge is 0.124 e. The van der Waals surface area contributed by atoms with Gasteiger partial charge in [0.1, 0.15) is 5.82 Å². The zero-order valence-electron chi connectivity index (χ0n) is 11.6. The molecule has 1 aromatic heterocycles. The monoisotopic (exact) mass is 243 g/mol. The zero-order valence-corrected chi connectivity index (χ0v) is 11.6. The number of anilines is 1. The number of aromatic nitrogens is 2. The highest BCUT2D eigenvalue weighted by molar-refractivity contribution is 5.42. The summed E-state index contributed by atoms with van der Waals surface area (Å²) in [5, 5.41) is 4.16. The molecule has 0 fully saturated rings. The van der Waals surface area contributed by atoms with E-state index in [0.29, 0.717) is 0 Å². The third-order valence-electron chi connectivity index (χ3n) is 3.28. The molecule has 0 aliphatic heterocycles. The van der Waals surface area contributed by atoms with Gasteiger partial charge in [0, 0.05) is 19.0 Å². The average molecular weight is 243 g/mol. The van der Waals surface area contributed by atoms with Crippen LogP contribution in [0.2, 0.25) is 0 Å². The first kappa shape index (κ1) is 12.7. The number of hydrogen-bond acceptors (Lipinski definition) is 2. The van der Waals surface area contributed by atoms with Crippen LogP contribution in [0.5, 0.6) is 0 Å². The summed E-state index contributed by atoms with van der Waals surface area (Å²) in [4.78, 5) is 0. The van der Waals surface area contributed by atoms with Crippen molar-refractivity contribution in [1.82, 2.24) is 9.78 Å². The molecule has 0 radical (unpaired) electrons. The van der Waals surface area contributed by atoms with Gasteiger partial charge in [-0.3, -0.25) is 4.68 Å². The summed E-state index contributed by atoms with van der Waals surface area (Å²) >= 11 is 0. The largest absolute Gasteiger partial charge is 0.384 e. The highest BCUT2D eigenvalue weighted by atomic mass is 15.3. The minimum atomic E-state index is 0.200. The molecule has 96 valence electrons. The Kier molecular flexibility index (Phi) is 3.16. The lowest BCUT2D eigenvalue weighted by Crippen LogP contribution is -2.10. The van der Waals surface area contributed by atoms with Crippen LogP contribution in [0, 0.1) is 0 Å². The molecule has 0 spiro atoms. The molecular formula is C15H21N3. The van der Waals surface area contributed by atoms with Gasteiger partial charge in [-0.25, -0.2) is 0 Å². The van der Waals surface area contributed by atoms with Crippen molar-refractivity contribution < 1.29 is 0 Å². The van der Waals surface area contributed by atoms with Crippen LogP contribution in [0.15, 0.2) is 30.5 Å². The summed E-state index contributed by atoms with van der Waals surface area (Å²) < 4.78 is 1.71. The second kappa shape index (κ2) is 4.48. The van der Waals surface area contributed by atoms with E-state index in [9.17, 15) is 0 Å². The Labute approximate surface area is 109 Å². The third-order valence-corrected chi connectivity index (χ3v) is 3.28. The van der Waals surface area contributed by atoms with Gasteiger partial charge in [0.2, 0.25) is 0 Å². The lowest BCUT2D eigenvalue weighted by molar-refractivity contribution is 0.590. The number of nitrogens with zero attached hydrogens (tertiary/aromatic N) is 2. The van der Waals surface area contributed by atoms with Crippen LogP contribution in [0.25, 0.3) is 0 Å². The van der Waals surface area contributed by atoms with Crippen molar-refractivity contribution in [1.29, 1.82) is 0 Å². The first-order chi connectivity index (χ1) is 8.38. The van der Waals surface area contributed by atoms with Gasteiger partial charge in [0.15, 0.2) is 0 Å². The molecular weight excluding hydrogens is 222 g/mol. The summed E-state index contributed by atoms with van der Waals surface area (Å²) in [6, 6.07) is 8.74. The van der Waals surface area contributed by atoms with Gasteiger partial charge in [-0.15, -0.1) is 0 Å². The molecule has 0 bridgehead atoms. The van der Waals surface area contributed by atoms with Crippen molar-refractivity contribution in [3.05, 3.63) is 47.2 Å². The minimum Gasteiger partial charge on any atom is -0.384 e. The maximum absolute atomic E-state index is 5.95. The third kappa shape index (κ3) is 2.55. The lowest BCUT2D eigenvalue weighted by atomic mass is 9.86. The second-order valence-electron chi connectivity index (χ2n) is 5.80. The molecule has 2 aromatic rings. The predicted molar refractivity (Wildman–Crippen MR) is 75.6 cm³/mol. The number of rotatable bonds is 2. The van der Waals surface area contributed by atoms with Crippen LogP contribution >= 0.6 is 0 Å². The molecule has 1 heterocycles. The van der Waals surface area contributed by atoms with Crippen molar-refractivity contribution in [3.63, 3.8) is 0 Å². The van der Waals surface area contributed by atoms with Crippen LogP contribution < -0.4 is 5.73 Å². The molecule has 0 aliphatic rings. The summed E-state index contributed by atoms with van der Waals surface area (Å²) in [7, 11) is 1.86. The Morgan fingerprint density at radius 2 is 1.78 bits per heavy atom. The van der Waals surface area contributed by atoms with Crippen LogP contribution in [-0.2, 0) is 18.9 Å². The number of hydrogen-bond donors (Lipinski definition) is 1. The van der Waals surface area contributed by atoms with Crippen molar-refractivity contribution in [2.24, 2.45) is 7.05 Å². The van der Waals surface area contributed by atoms with E-state index in [1.165, 1.54) is 11.1 Å². The van der Waals surface area contributed by atoms with Gasteiger partial charge in [-0.2, -0.15) is 5.10 Å². The maximum atomic E-state index is 5.95. The second-order valence-corrected chi connectivity index (χ2v) is 5.80. The fourth-order valence-electron chi connectivity index (χ4n) is 1.97. The molecule has 2 rings (SSSR count). The van der Waals surface area contributed by atoms with E-state index in [0.717, 1.165) is 17.8 Å². The van der Waals surface area contributed by atoms with E-state index in [4.69, 9.17) is 5.73 Å². The molecule has 2 N–H and O–H groups in total. The molecule has 0 unspecified atom stereocenters. The standard InChI is InChI=1S/C15H21N3/c1-15(2,3)13-7-5-11(6-8-13)9-12-10-17-18(4)14(12)16/h5-8,10H,9,16H2,1-4H3. The zero-order chi connectivity index (χ0) is 13.3. The Balaban J connectivity index is 2.19. The van der Waals surface area contributed by atoms with Crippen molar-refractivity contribution in [2.45, 2.75) is 32.6 Å². The highest BCUT2D eigenvalue weighted by Crippen LogP contribution is 2.23. The molecule has 0 aliphatic carbocycles. The average Bonchev–Trinajstić information content (AvgIpc) is 2.61. The van der Waals surface area contributed by atoms with Gasteiger partial charge < -0.3 is 5.73 Å². The SMILES string of the molecule is Cn1ncc(Cc2ccc(C(C)(C)C)cc2)c1N. The van der Waals surface area contributed by atoms with E-state index >= 15 is 0 Å². The fraction of sp³-hybridized carbons (Fsp3) is 0.400. The van der Waals surface area contributed by atoms with Gasteiger partial charge in [-0.1, -0.05) is 45.0 Å². The van der Waals surface area contributed by atoms with Crippen LogP contribution in [0.1, 0.15) is 37.5 Å². The number of aryl methyl sites for hydroxylation is 1. The Morgan fingerprint density at radius 3 is 2.22 bits per heavy atom. The van der Waals surface area contributed by atoms with E-state index in [1.54, 1.807) is 4.68 Å². The first-order valence-corrected chi connectivity index (χ1v) is 6.23. The van der Waals surface area contributed by atoms with E-state index in [2.05, 4.69) is 50.1 Å². The molecule has 1 aromatic carbocycles. The van der Waals surface area contributed by atoms with E-state index < -0.39 is 0 Å². The Bertz CT molecular complexity index is 530. The molecule has 3 nitrogen and oxygen atoms in total. The van der Waals surface area contributed by atoms with E-state index in [1.807, 2.05) is 13.2 Å². The maximum Gasteiger partial charge on any atom is 0.124 e. The number of nitrogens with two attached hydrogens (primary N) is 1. The number of benzene rings is 1. The fourth-order valence-corrected chi connectivity index (χ4v) is 1.97. The highest BCUT2D eigenvalue weighted by Gasteiger charge is 2.13. The van der Waals surface area contributed by atoms with Gasteiger partial charge >= 0.3 is 0 Å². The summed E-state index contributed by atoms with van der Waals surface area (Å²) in [6.45, 7) is 6.67. The summed E-state index contributed by atoms with van der Waals surface area (Å²) in [6.07, 6.45) is 2.68. The van der Waals surface area contributed by atoms with E-state index in [-0.39, 0.29) is 5.41 Å². The van der Waals surface area contributed by atoms with Crippen molar-refractivity contribution in [2.75, 3.05) is 5.73 Å². The first-order valence-electron chi connectivity index (χ1n) is 6.23. The molecule has 3 heteroatoms. The van der Waals surface area contributed by atoms with Crippen LogP contribution in [0.3, 0.4) is 0 Å². The topological polar surface area (TPSA) is 43.8 Å². The summed E-state index contributed by atoms with van der Waals surface area (Å²) in [5.41, 5.74) is 9.85. The normalized spacial score (nSPS) is 11.8. The van der Waals surface area contributed by atoms with Crippen molar-refractivity contribution in [3.8, 4) is 0 Å². The number of nitrogen functional groups attached to an aromatic ring is 1. The molecule has 18 heavy (non-hydrogen) atoms. The molecule has 0 amide bonds. The molecule has 0 atom stereocenters. The van der Waals surface area contributed by atoms with Gasteiger partial charge in [0.05, 0.1) is 6.20 Å². The molecule has 0 saturated carbocycles. The molecule has 0 saturated heterocycles. The van der Waals surface area contributed by atoms with Crippen LogP contribution in [-0.4, -0.2) is 9.78 Å². The van der Waals surface area contributed by atoms with Gasteiger partial charge in [-0.05, 0) is 16.5 Å². The van der Waals surface area contributed by atoms with Crippen LogP contribution in [0.4, 0.5) is 5.82 Å². The summed E-state index contributed by atoms with van der Waals surface area (Å²) in [5.74, 6) is 0.745. The Morgan fingerprint density at radius 1 is 1.17 bits per heavy atom. The van der Waals surface area contributed by atoms with Gasteiger partial charge in [0.25, 0.3) is 0 Å². The predicted octanol–water partition coefficient (Wildman–Crippen LogP) is 2.89. The minimum absolute atomic E-state index is 0.200.